The van der Waals surface area contributed by atoms with E-state index in [1.165, 1.54) is 7.11 Å². The molecule has 0 aliphatic carbocycles. The molecule has 5 nitrogen and oxygen atoms in total. The molecule has 5 heteroatoms. The number of hydrogen-bond donors (Lipinski definition) is 1. The molecule has 132 valence electrons. The number of piperidine rings is 2. The van der Waals surface area contributed by atoms with Crippen LogP contribution >= 0.6 is 0 Å². The molecule has 1 aromatic carbocycles. The number of carbonyl (C=O) groups excluding carboxylic acids is 2. The summed E-state index contributed by atoms with van der Waals surface area (Å²) < 4.78 is 4.93. The molecule has 0 aromatic heterocycles. The third-order valence-electron chi connectivity index (χ3n) is 6.35. The van der Waals surface area contributed by atoms with Crippen LogP contribution in [0.3, 0.4) is 0 Å². The van der Waals surface area contributed by atoms with Crippen LogP contribution in [0.5, 0.6) is 0 Å². The summed E-state index contributed by atoms with van der Waals surface area (Å²) in [5, 5.41) is 3.67. The molecule has 2 saturated heterocycles. The second kappa shape index (κ2) is 5.70. The number of hydrogen-bond acceptors (Lipinski definition) is 4. The third-order valence-corrected chi connectivity index (χ3v) is 6.35. The Morgan fingerprint density at radius 3 is 2.92 bits per heavy atom. The van der Waals surface area contributed by atoms with Crippen molar-refractivity contribution < 1.29 is 14.3 Å². The molecule has 3 heterocycles. The molecule has 0 unspecified atom stereocenters. The molecule has 3 aliphatic heterocycles. The van der Waals surface area contributed by atoms with Crippen LogP contribution in [0, 0.1) is 5.41 Å². The molecular formula is C20H24N2O3. The Labute approximate surface area is 148 Å². The lowest BCUT2D eigenvalue weighted by molar-refractivity contribution is -0.135. The van der Waals surface area contributed by atoms with E-state index in [9.17, 15) is 9.59 Å². The molecule has 2 atom stereocenters. The van der Waals surface area contributed by atoms with Crippen molar-refractivity contribution in [2.24, 2.45) is 5.41 Å². The van der Waals surface area contributed by atoms with Gasteiger partial charge in [-0.3, -0.25) is 15.0 Å². The maximum Gasteiger partial charge on any atom is 0.330 e. The zero-order valence-corrected chi connectivity index (χ0v) is 14.8. The first kappa shape index (κ1) is 16.3. The van der Waals surface area contributed by atoms with E-state index in [4.69, 9.17) is 4.74 Å². The van der Waals surface area contributed by atoms with Gasteiger partial charge in [0.25, 0.3) is 0 Å². The van der Waals surface area contributed by atoms with E-state index in [1.807, 2.05) is 29.2 Å². The molecule has 1 N–H and O–H groups in total. The third kappa shape index (κ3) is 1.99. The van der Waals surface area contributed by atoms with Crippen LogP contribution in [0.4, 0.5) is 5.69 Å². The highest BCUT2D eigenvalue weighted by Crippen LogP contribution is 2.61. The zero-order valence-electron chi connectivity index (χ0n) is 14.8. The number of esters is 1. The van der Waals surface area contributed by atoms with Crippen LogP contribution in [0.15, 0.2) is 30.3 Å². The first-order valence-corrected chi connectivity index (χ1v) is 9.07. The van der Waals surface area contributed by atoms with Crippen LogP contribution < -0.4 is 10.2 Å². The fourth-order valence-electron chi connectivity index (χ4n) is 5.21. The van der Waals surface area contributed by atoms with Crippen molar-refractivity contribution in [3.05, 3.63) is 35.9 Å². The molecule has 3 aliphatic rings. The van der Waals surface area contributed by atoms with Crippen molar-refractivity contribution >= 4 is 23.1 Å². The molecule has 1 spiro atoms. The van der Waals surface area contributed by atoms with E-state index < -0.39 is 5.66 Å². The lowest BCUT2D eigenvalue weighted by atomic mass is 9.60. The molecule has 25 heavy (non-hydrogen) atoms. The Morgan fingerprint density at radius 1 is 1.36 bits per heavy atom. The number of ether oxygens (including phenoxy) is 1. The van der Waals surface area contributed by atoms with Gasteiger partial charge in [0.05, 0.1) is 12.8 Å². The molecule has 1 amide bonds. The number of anilines is 1. The minimum atomic E-state index is -0.646. The number of nitrogens with zero attached hydrogens (tertiary/aromatic N) is 1. The van der Waals surface area contributed by atoms with Crippen molar-refractivity contribution in [2.75, 3.05) is 18.6 Å². The van der Waals surface area contributed by atoms with Gasteiger partial charge in [-0.2, -0.15) is 0 Å². The number of fused-ring (bicyclic) bond motifs is 2. The molecule has 0 bridgehead atoms. The molecule has 2 fully saturated rings. The average molecular weight is 340 g/mol. The maximum atomic E-state index is 13.0. The Balaban J connectivity index is 2.03. The second-order valence-electron chi connectivity index (χ2n) is 7.20. The Hall–Kier alpha value is -2.14. The second-order valence-corrected chi connectivity index (χ2v) is 7.20. The van der Waals surface area contributed by atoms with Gasteiger partial charge in [0.2, 0.25) is 5.91 Å². The highest BCUT2D eigenvalue weighted by molar-refractivity contribution is 6.10. The first-order valence-electron chi connectivity index (χ1n) is 9.07. The van der Waals surface area contributed by atoms with Crippen LogP contribution in [0.1, 0.15) is 44.6 Å². The first-order chi connectivity index (χ1) is 12.1. The van der Waals surface area contributed by atoms with Crippen LogP contribution in [0.25, 0.3) is 5.57 Å². The van der Waals surface area contributed by atoms with E-state index in [-0.39, 0.29) is 17.3 Å². The highest BCUT2D eigenvalue weighted by atomic mass is 16.5. The molecule has 1 aromatic rings. The summed E-state index contributed by atoms with van der Waals surface area (Å²) in [6, 6.07) is 7.89. The van der Waals surface area contributed by atoms with Crippen LogP contribution in [-0.4, -0.2) is 31.2 Å². The molecule has 0 radical (unpaired) electrons. The van der Waals surface area contributed by atoms with E-state index in [0.29, 0.717) is 6.42 Å². The normalized spacial score (nSPS) is 32.2. The number of nitrogens with one attached hydrogen (secondary N) is 1. The van der Waals surface area contributed by atoms with Gasteiger partial charge in [-0.1, -0.05) is 25.1 Å². The van der Waals surface area contributed by atoms with Gasteiger partial charge in [-0.25, -0.2) is 4.79 Å². The van der Waals surface area contributed by atoms with Crippen molar-refractivity contribution in [1.82, 2.24) is 5.32 Å². The van der Waals surface area contributed by atoms with E-state index in [0.717, 1.165) is 49.1 Å². The maximum absolute atomic E-state index is 13.0. The Kier molecular flexibility index (Phi) is 3.72. The summed E-state index contributed by atoms with van der Waals surface area (Å²) in [6.45, 7) is 3.03. The smallest absolute Gasteiger partial charge is 0.330 e. The van der Waals surface area contributed by atoms with E-state index in [2.05, 4.69) is 12.2 Å². The Morgan fingerprint density at radius 2 is 2.16 bits per heavy atom. The van der Waals surface area contributed by atoms with Gasteiger partial charge < -0.3 is 4.74 Å². The van der Waals surface area contributed by atoms with Crippen LogP contribution in [0.2, 0.25) is 0 Å². The number of benzene rings is 1. The van der Waals surface area contributed by atoms with Gasteiger partial charge in [0, 0.05) is 29.0 Å². The van der Waals surface area contributed by atoms with Gasteiger partial charge in [-0.05, 0) is 38.3 Å². The largest absolute Gasteiger partial charge is 0.466 e. The topological polar surface area (TPSA) is 58.6 Å². The number of amides is 1. The summed E-state index contributed by atoms with van der Waals surface area (Å²) in [5.41, 5.74) is 2.01. The number of methoxy groups -OCH3 is 1. The fourth-order valence-corrected chi connectivity index (χ4v) is 5.21. The summed E-state index contributed by atoms with van der Waals surface area (Å²) >= 11 is 0. The standard InChI is InChI=1S/C20H24N2O3/c1-3-19-10-6-12-21-20(19)15(13-18(24)25-2)14-7-4-5-8-16(14)22(20)17(23)9-11-19/h4-5,7-8,13,21H,3,6,9-12H2,1-2H3/t19-,20+/m1/s1. The van der Waals surface area contributed by atoms with Crippen molar-refractivity contribution in [2.45, 2.75) is 44.7 Å². The monoisotopic (exact) mass is 340 g/mol. The quantitative estimate of drug-likeness (QED) is 0.664. The molecular weight excluding hydrogens is 316 g/mol. The van der Waals surface area contributed by atoms with Gasteiger partial charge in [0.15, 0.2) is 0 Å². The zero-order chi connectivity index (χ0) is 17.7. The highest BCUT2D eigenvalue weighted by Gasteiger charge is 2.64. The van der Waals surface area contributed by atoms with E-state index in [1.54, 1.807) is 6.08 Å². The summed E-state index contributed by atoms with van der Waals surface area (Å²) in [5.74, 6) is -0.254. The fraction of sp³-hybridized carbons (Fsp3) is 0.500. The van der Waals surface area contributed by atoms with Gasteiger partial charge in [0.1, 0.15) is 5.66 Å². The van der Waals surface area contributed by atoms with Crippen molar-refractivity contribution in [1.29, 1.82) is 0 Å². The minimum Gasteiger partial charge on any atom is -0.466 e. The predicted octanol–water partition coefficient (Wildman–Crippen LogP) is 2.86. The molecule has 0 saturated carbocycles. The summed E-state index contributed by atoms with van der Waals surface area (Å²) in [4.78, 5) is 27.1. The minimum absolute atomic E-state index is 0.0714. The van der Waals surface area contributed by atoms with Gasteiger partial charge >= 0.3 is 5.97 Å². The lowest BCUT2D eigenvalue weighted by Gasteiger charge is -2.59. The SMILES string of the molecule is CC[C@]12CCCN[C@]13C(=CC(=O)OC)c1ccccc1N3C(=O)CC2. The molecule has 4 rings (SSSR count). The van der Waals surface area contributed by atoms with Crippen molar-refractivity contribution in [3.8, 4) is 0 Å². The number of carbonyl (C=O) groups is 2. The van der Waals surface area contributed by atoms with Gasteiger partial charge in [-0.15, -0.1) is 0 Å². The average Bonchev–Trinajstić information content (AvgIpc) is 2.93. The van der Waals surface area contributed by atoms with Crippen LogP contribution in [-0.2, 0) is 14.3 Å². The van der Waals surface area contributed by atoms with Crippen molar-refractivity contribution in [3.63, 3.8) is 0 Å². The number of rotatable bonds is 2. The Bertz CT molecular complexity index is 772. The predicted molar refractivity (Wildman–Crippen MR) is 95.8 cm³/mol. The summed E-state index contributed by atoms with van der Waals surface area (Å²) in [7, 11) is 1.39. The summed E-state index contributed by atoms with van der Waals surface area (Å²) in [6.07, 6.45) is 6.07. The van der Waals surface area contributed by atoms with E-state index >= 15 is 0 Å². The lowest BCUT2D eigenvalue weighted by Crippen LogP contribution is -2.73. The number of para-hydroxylation sites is 1.